The molecular formula is C17H25N3O3SSi. The Morgan fingerprint density at radius 1 is 1.40 bits per heavy atom. The van der Waals surface area contributed by atoms with Crippen LogP contribution in [0, 0.1) is 10.1 Å². The molecule has 0 amide bonds. The van der Waals surface area contributed by atoms with E-state index in [0.717, 1.165) is 34.9 Å². The van der Waals surface area contributed by atoms with Crippen LogP contribution in [0.2, 0.25) is 18.1 Å². The van der Waals surface area contributed by atoms with Crippen LogP contribution >= 0.6 is 11.3 Å². The molecule has 3 rings (SSSR count). The smallest absolute Gasteiger partial charge is 0.270 e. The second kappa shape index (κ2) is 6.33. The number of non-ortho nitro benzene ring substituents is 1. The predicted octanol–water partition coefficient (Wildman–Crippen LogP) is 4.81. The fraction of sp³-hybridized carbons (Fsp3) is 0.588. The first-order chi connectivity index (χ1) is 11.6. The van der Waals surface area contributed by atoms with Gasteiger partial charge >= 0.3 is 0 Å². The van der Waals surface area contributed by atoms with E-state index in [1.807, 2.05) is 0 Å². The Bertz CT molecular complexity index is 800. The number of anilines is 1. The average Bonchev–Trinajstić information content (AvgIpc) is 3.10. The molecule has 0 spiro atoms. The Morgan fingerprint density at radius 2 is 2.12 bits per heavy atom. The van der Waals surface area contributed by atoms with Crippen molar-refractivity contribution in [1.82, 2.24) is 4.98 Å². The van der Waals surface area contributed by atoms with E-state index in [9.17, 15) is 10.1 Å². The summed E-state index contributed by atoms with van der Waals surface area (Å²) in [6.45, 7) is 13.1. The summed E-state index contributed by atoms with van der Waals surface area (Å²) in [5.74, 6) is 0. The standard InChI is InChI=1S/C17H25N3O3SSi/c1-17(2,3)25(4,5)23-13-8-9-19(11-13)16-18-14-7-6-12(20(21)22)10-15(14)24-16/h6-7,10,13H,8-9,11H2,1-5H3/t13-/m1/s1. The van der Waals surface area contributed by atoms with Crippen LogP contribution in [0.15, 0.2) is 18.2 Å². The summed E-state index contributed by atoms with van der Waals surface area (Å²) in [4.78, 5) is 17.5. The third kappa shape index (κ3) is 3.70. The Kier molecular flexibility index (Phi) is 4.63. The molecule has 1 aliphatic rings. The zero-order valence-electron chi connectivity index (χ0n) is 15.4. The monoisotopic (exact) mass is 379 g/mol. The number of rotatable bonds is 4. The van der Waals surface area contributed by atoms with Crippen LogP contribution in [0.25, 0.3) is 10.2 Å². The van der Waals surface area contributed by atoms with Crippen LogP contribution in [0.1, 0.15) is 27.2 Å². The van der Waals surface area contributed by atoms with Crippen LogP contribution in [0.4, 0.5) is 10.8 Å². The molecule has 1 atom stereocenters. The minimum Gasteiger partial charge on any atom is -0.412 e. The van der Waals surface area contributed by atoms with E-state index >= 15 is 0 Å². The first kappa shape index (κ1) is 18.3. The number of nitro benzene ring substituents is 1. The van der Waals surface area contributed by atoms with Crippen LogP contribution in [0.5, 0.6) is 0 Å². The maximum absolute atomic E-state index is 10.9. The fourth-order valence-corrected chi connectivity index (χ4v) is 5.15. The molecule has 1 aromatic carbocycles. The van der Waals surface area contributed by atoms with Crippen molar-refractivity contribution in [3.8, 4) is 0 Å². The molecule has 25 heavy (non-hydrogen) atoms. The molecule has 6 nitrogen and oxygen atoms in total. The van der Waals surface area contributed by atoms with Gasteiger partial charge in [-0.25, -0.2) is 4.98 Å². The predicted molar refractivity (Wildman–Crippen MR) is 105 cm³/mol. The summed E-state index contributed by atoms with van der Waals surface area (Å²) in [5, 5.41) is 12.1. The van der Waals surface area contributed by atoms with Crippen molar-refractivity contribution in [3.05, 3.63) is 28.3 Å². The zero-order valence-corrected chi connectivity index (χ0v) is 17.2. The number of thiazole rings is 1. The van der Waals surface area contributed by atoms with Gasteiger partial charge in [-0.2, -0.15) is 0 Å². The number of nitrogens with zero attached hydrogens (tertiary/aromatic N) is 3. The number of fused-ring (bicyclic) bond motifs is 1. The highest BCUT2D eigenvalue weighted by atomic mass is 32.1. The van der Waals surface area contributed by atoms with Gasteiger partial charge in [-0.3, -0.25) is 10.1 Å². The summed E-state index contributed by atoms with van der Waals surface area (Å²) >= 11 is 1.52. The minimum atomic E-state index is -1.77. The van der Waals surface area contributed by atoms with Crippen molar-refractivity contribution in [1.29, 1.82) is 0 Å². The molecule has 2 aromatic rings. The SMILES string of the molecule is CC(C)(C)[Si](C)(C)O[C@@H]1CCN(c2nc3ccc([N+](=O)[O-])cc3s2)C1. The molecule has 0 saturated carbocycles. The van der Waals surface area contributed by atoms with E-state index in [-0.39, 0.29) is 21.8 Å². The number of hydrogen-bond donors (Lipinski definition) is 0. The van der Waals surface area contributed by atoms with Gasteiger partial charge < -0.3 is 9.33 Å². The summed E-state index contributed by atoms with van der Waals surface area (Å²) in [7, 11) is -1.77. The molecule has 136 valence electrons. The van der Waals surface area contributed by atoms with Crippen LogP contribution in [-0.4, -0.2) is 37.4 Å². The zero-order chi connectivity index (χ0) is 18.4. The summed E-state index contributed by atoms with van der Waals surface area (Å²) < 4.78 is 7.38. The topological polar surface area (TPSA) is 68.5 Å². The Hall–Kier alpha value is -1.51. The molecule has 1 aromatic heterocycles. The quantitative estimate of drug-likeness (QED) is 0.433. The molecule has 0 radical (unpaired) electrons. The van der Waals surface area contributed by atoms with Gasteiger partial charge in [-0.1, -0.05) is 32.1 Å². The highest BCUT2D eigenvalue weighted by Crippen LogP contribution is 2.39. The maximum atomic E-state index is 10.9. The minimum absolute atomic E-state index is 0.114. The second-order valence-corrected chi connectivity index (χ2v) is 13.9. The lowest BCUT2D eigenvalue weighted by Crippen LogP contribution is -2.44. The summed E-state index contributed by atoms with van der Waals surface area (Å²) in [6, 6.07) is 4.85. The van der Waals surface area contributed by atoms with Crippen molar-refractivity contribution < 1.29 is 9.35 Å². The molecule has 8 heteroatoms. The molecule has 1 fully saturated rings. The molecular weight excluding hydrogens is 354 g/mol. The van der Waals surface area contributed by atoms with Crippen molar-refractivity contribution in [3.63, 3.8) is 0 Å². The third-order valence-electron chi connectivity index (χ3n) is 5.25. The van der Waals surface area contributed by atoms with E-state index in [2.05, 4.69) is 43.7 Å². The van der Waals surface area contributed by atoms with Crippen molar-refractivity contribution in [2.24, 2.45) is 0 Å². The highest BCUT2D eigenvalue weighted by Gasteiger charge is 2.40. The van der Waals surface area contributed by atoms with Crippen LogP contribution in [-0.2, 0) is 4.43 Å². The third-order valence-corrected chi connectivity index (χ3v) is 10.9. The van der Waals surface area contributed by atoms with Gasteiger partial charge in [0.1, 0.15) is 0 Å². The number of benzene rings is 1. The van der Waals surface area contributed by atoms with Gasteiger partial charge in [0, 0.05) is 25.2 Å². The van der Waals surface area contributed by atoms with Gasteiger partial charge in [0.25, 0.3) is 5.69 Å². The first-order valence-corrected chi connectivity index (χ1v) is 12.3. The largest absolute Gasteiger partial charge is 0.412 e. The molecule has 0 unspecified atom stereocenters. The molecule has 0 aliphatic carbocycles. The van der Waals surface area contributed by atoms with Gasteiger partial charge in [0.2, 0.25) is 0 Å². The Morgan fingerprint density at radius 3 is 2.76 bits per heavy atom. The molecule has 1 aliphatic heterocycles. The van der Waals surface area contributed by atoms with E-state index in [1.165, 1.54) is 17.4 Å². The lowest BCUT2D eigenvalue weighted by atomic mass is 10.2. The van der Waals surface area contributed by atoms with Crippen molar-refractivity contribution in [2.45, 2.75) is 51.4 Å². The number of nitro groups is 1. The number of hydrogen-bond acceptors (Lipinski definition) is 6. The van der Waals surface area contributed by atoms with Gasteiger partial charge in [0.15, 0.2) is 13.4 Å². The molecule has 1 saturated heterocycles. The first-order valence-electron chi connectivity index (χ1n) is 8.54. The summed E-state index contributed by atoms with van der Waals surface area (Å²) in [5.41, 5.74) is 0.933. The van der Waals surface area contributed by atoms with E-state index in [0.29, 0.717) is 0 Å². The summed E-state index contributed by atoms with van der Waals surface area (Å²) in [6.07, 6.45) is 1.24. The van der Waals surface area contributed by atoms with E-state index in [4.69, 9.17) is 4.43 Å². The maximum Gasteiger partial charge on any atom is 0.270 e. The highest BCUT2D eigenvalue weighted by molar-refractivity contribution is 7.22. The lowest BCUT2D eigenvalue weighted by molar-refractivity contribution is -0.384. The fourth-order valence-electron chi connectivity index (χ4n) is 2.74. The lowest BCUT2D eigenvalue weighted by Gasteiger charge is -2.38. The van der Waals surface area contributed by atoms with Gasteiger partial charge in [0.05, 0.1) is 21.2 Å². The molecule has 0 bridgehead atoms. The normalized spacial score (nSPS) is 18.9. The Labute approximate surface area is 153 Å². The van der Waals surface area contributed by atoms with Gasteiger partial charge in [-0.05, 0) is 30.6 Å². The Balaban J connectivity index is 1.74. The second-order valence-electron chi connectivity index (χ2n) is 8.14. The van der Waals surface area contributed by atoms with E-state index < -0.39 is 8.32 Å². The van der Waals surface area contributed by atoms with E-state index in [1.54, 1.807) is 12.1 Å². The molecule has 2 heterocycles. The van der Waals surface area contributed by atoms with Crippen LogP contribution in [0.3, 0.4) is 0 Å². The van der Waals surface area contributed by atoms with Crippen LogP contribution < -0.4 is 4.90 Å². The number of aromatic nitrogens is 1. The van der Waals surface area contributed by atoms with Gasteiger partial charge in [-0.15, -0.1) is 0 Å². The van der Waals surface area contributed by atoms with Crippen molar-refractivity contribution >= 4 is 40.7 Å². The van der Waals surface area contributed by atoms with Crippen molar-refractivity contribution in [2.75, 3.05) is 18.0 Å². The molecule has 0 N–H and O–H groups in total. The average molecular weight is 380 g/mol.